The molecule has 1 aliphatic rings. The second-order valence-corrected chi connectivity index (χ2v) is 5.79. The van der Waals surface area contributed by atoms with E-state index in [1.807, 2.05) is 18.4 Å². The first kappa shape index (κ1) is 11.9. The first-order chi connectivity index (χ1) is 7.63. The molecule has 4 heteroatoms. The van der Waals surface area contributed by atoms with Gasteiger partial charge in [-0.3, -0.25) is 0 Å². The molecule has 1 aliphatic carbocycles. The third kappa shape index (κ3) is 2.38. The van der Waals surface area contributed by atoms with E-state index in [-0.39, 0.29) is 0 Å². The predicted molar refractivity (Wildman–Crippen MR) is 70.2 cm³/mol. The van der Waals surface area contributed by atoms with Crippen molar-refractivity contribution in [3.63, 3.8) is 0 Å². The molecule has 90 valence electrons. The summed E-state index contributed by atoms with van der Waals surface area (Å²) in [4.78, 5) is 8.36. The smallest absolute Gasteiger partial charge is 0.185 e. The van der Waals surface area contributed by atoms with Gasteiger partial charge in [0.2, 0.25) is 0 Å². The molecule has 1 saturated carbocycles. The highest BCUT2D eigenvalue weighted by Crippen LogP contribution is 2.37. The number of hydrogen-bond acceptors (Lipinski definition) is 4. The molecule has 1 N–H and O–H groups in total. The second-order valence-electron chi connectivity index (χ2n) is 4.72. The molecule has 0 aromatic carbocycles. The van der Waals surface area contributed by atoms with Crippen LogP contribution in [0.1, 0.15) is 30.3 Å². The first-order valence-electron chi connectivity index (χ1n) is 5.97. The van der Waals surface area contributed by atoms with E-state index in [2.05, 4.69) is 36.1 Å². The lowest BCUT2D eigenvalue weighted by Crippen LogP contribution is -2.30. The summed E-state index contributed by atoms with van der Waals surface area (Å²) in [5.41, 5.74) is 1.17. The van der Waals surface area contributed by atoms with Gasteiger partial charge in [-0.2, -0.15) is 0 Å². The molecule has 2 rings (SSSR count). The molecular formula is C12H21N3S. The Morgan fingerprint density at radius 1 is 1.56 bits per heavy atom. The summed E-state index contributed by atoms with van der Waals surface area (Å²) < 4.78 is 0. The van der Waals surface area contributed by atoms with Gasteiger partial charge in [-0.25, -0.2) is 4.98 Å². The number of aryl methyl sites for hydroxylation is 1. The van der Waals surface area contributed by atoms with E-state index in [0.717, 1.165) is 12.5 Å². The molecule has 0 spiro atoms. The van der Waals surface area contributed by atoms with Gasteiger partial charge in [0.25, 0.3) is 0 Å². The highest BCUT2D eigenvalue weighted by Gasteiger charge is 2.31. The average Bonchev–Trinajstić information content (AvgIpc) is 3.04. The fourth-order valence-electron chi connectivity index (χ4n) is 1.96. The molecule has 1 heterocycles. The van der Waals surface area contributed by atoms with Gasteiger partial charge in [-0.05, 0) is 39.7 Å². The fraction of sp³-hybridized carbons (Fsp3) is 0.750. The van der Waals surface area contributed by atoms with Crippen LogP contribution in [0.2, 0.25) is 0 Å². The zero-order valence-corrected chi connectivity index (χ0v) is 11.4. The molecule has 1 unspecified atom stereocenters. The molecule has 0 amide bonds. The van der Waals surface area contributed by atoms with Gasteiger partial charge in [0.1, 0.15) is 0 Å². The Hall–Kier alpha value is -0.610. The summed E-state index contributed by atoms with van der Waals surface area (Å²) >= 11 is 1.82. The minimum Gasteiger partial charge on any atom is -0.348 e. The van der Waals surface area contributed by atoms with E-state index >= 15 is 0 Å². The van der Waals surface area contributed by atoms with Gasteiger partial charge >= 0.3 is 0 Å². The van der Waals surface area contributed by atoms with Gasteiger partial charge in [-0.1, -0.05) is 0 Å². The number of nitrogens with zero attached hydrogens (tertiary/aromatic N) is 2. The zero-order valence-electron chi connectivity index (χ0n) is 10.6. The Bertz CT molecular complexity index is 357. The van der Waals surface area contributed by atoms with Crippen LogP contribution >= 0.6 is 11.3 Å². The van der Waals surface area contributed by atoms with Crippen molar-refractivity contribution in [2.45, 2.75) is 39.3 Å². The number of hydrogen-bond donors (Lipinski definition) is 1. The number of thiazole rings is 1. The highest BCUT2D eigenvalue weighted by atomic mass is 32.1. The van der Waals surface area contributed by atoms with Crippen LogP contribution in [0.4, 0.5) is 5.13 Å². The third-order valence-corrected chi connectivity index (χ3v) is 4.68. The monoisotopic (exact) mass is 239 g/mol. The summed E-state index contributed by atoms with van der Waals surface area (Å²) in [7, 11) is 4.15. The van der Waals surface area contributed by atoms with Crippen LogP contribution in [0.5, 0.6) is 0 Å². The lowest BCUT2D eigenvalue weighted by Gasteiger charge is -2.23. The fourth-order valence-corrected chi connectivity index (χ4v) is 3.08. The average molecular weight is 239 g/mol. The van der Waals surface area contributed by atoms with Crippen LogP contribution in [0.3, 0.4) is 0 Å². The summed E-state index contributed by atoms with van der Waals surface area (Å²) in [6, 6.07) is 0.632. The van der Waals surface area contributed by atoms with Crippen molar-refractivity contribution in [2.24, 2.45) is 5.92 Å². The van der Waals surface area contributed by atoms with Crippen LogP contribution in [0.15, 0.2) is 0 Å². The molecule has 1 aromatic rings. The lowest BCUT2D eigenvalue weighted by atomic mass is 10.2. The van der Waals surface area contributed by atoms with E-state index in [1.165, 1.54) is 28.5 Å². The van der Waals surface area contributed by atoms with Crippen molar-refractivity contribution < 1.29 is 0 Å². The maximum absolute atomic E-state index is 4.66. The molecule has 0 radical (unpaired) electrons. The standard InChI is InChI=1S/C12H21N3S/c1-8-11(7-13-3)16-12(14-8)15(4)9(2)10-5-6-10/h9-10,13H,5-7H2,1-4H3. The largest absolute Gasteiger partial charge is 0.348 e. The number of nitrogens with one attached hydrogen (secondary N) is 1. The van der Waals surface area contributed by atoms with Crippen LogP contribution in [0.25, 0.3) is 0 Å². The molecule has 3 nitrogen and oxygen atoms in total. The Labute approximate surface area is 102 Å². The van der Waals surface area contributed by atoms with Crippen molar-refractivity contribution >= 4 is 16.5 Å². The van der Waals surface area contributed by atoms with Gasteiger partial charge in [0, 0.05) is 24.5 Å². The summed E-state index contributed by atoms with van der Waals surface area (Å²) in [5, 5.41) is 4.36. The van der Waals surface area contributed by atoms with Crippen LogP contribution in [-0.4, -0.2) is 25.1 Å². The molecular weight excluding hydrogens is 218 g/mol. The zero-order chi connectivity index (χ0) is 11.7. The maximum atomic E-state index is 4.66. The lowest BCUT2D eigenvalue weighted by molar-refractivity contribution is 0.608. The number of aromatic nitrogens is 1. The van der Waals surface area contributed by atoms with Crippen molar-refractivity contribution in [3.05, 3.63) is 10.6 Å². The van der Waals surface area contributed by atoms with Crippen molar-refractivity contribution in [1.82, 2.24) is 10.3 Å². The summed E-state index contributed by atoms with van der Waals surface area (Å²) in [6.45, 7) is 5.34. The predicted octanol–water partition coefficient (Wildman–Crippen LogP) is 2.41. The maximum Gasteiger partial charge on any atom is 0.185 e. The Balaban J connectivity index is 2.10. The number of rotatable bonds is 5. The molecule has 1 aromatic heterocycles. The van der Waals surface area contributed by atoms with Gasteiger partial charge in [0.05, 0.1) is 5.69 Å². The Morgan fingerprint density at radius 3 is 2.81 bits per heavy atom. The van der Waals surface area contributed by atoms with E-state index in [9.17, 15) is 0 Å². The SMILES string of the molecule is CNCc1sc(N(C)C(C)C2CC2)nc1C. The molecule has 16 heavy (non-hydrogen) atoms. The number of anilines is 1. The molecule has 0 aliphatic heterocycles. The molecule has 0 saturated heterocycles. The second kappa shape index (κ2) is 4.72. The van der Waals surface area contributed by atoms with E-state index in [0.29, 0.717) is 6.04 Å². The third-order valence-electron chi connectivity index (χ3n) is 3.44. The Kier molecular flexibility index (Phi) is 3.50. The summed E-state index contributed by atoms with van der Waals surface area (Å²) in [6.07, 6.45) is 2.78. The van der Waals surface area contributed by atoms with Crippen LogP contribution in [-0.2, 0) is 6.54 Å². The van der Waals surface area contributed by atoms with E-state index < -0.39 is 0 Å². The molecule has 1 fully saturated rings. The van der Waals surface area contributed by atoms with Crippen molar-refractivity contribution in [1.29, 1.82) is 0 Å². The van der Waals surface area contributed by atoms with E-state index in [1.54, 1.807) is 0 Å². The minimum absolute atomic E-state index is 0.632. The molecule has 0 bridgehead atoms. The first-order valence-corrected chi connectivity index (χ1v) is 6.79. The Morgan fingerprint density at radius 2 is 2.25 bits per heavy atom. The normalized spacial score (nSPS) is 17.5. The van der Waals surface area contributed by atoms with Crippen LogP contribution < -0.4 is 10.2 Å². The minimum atomic E-state index is 0.632. The van der Waals surface area contributed by atoms with Crippen molar-refractivity contribution in [2.75, 3.05) is 19.0 Å². The highest BCUT2D eigenvalue weighted by molar-refractivity contribution is 7.15. The van der Waals surface area contributed by atoms with Crippen LogP contribution in [0, 0.1) is 12.8 Å². The summed E-state index contributed by atoms with van der Waals surface area (Å²) in [5.74, 6) is 0.891. The topological polar surface area (TPSA) is 28.2 Å². The van der Waals surface area contributed by atoms with Crippen molar-refractivity contribution in [3.8, 4) is 0 Å². The van der Waals surface area contributed by atoms with Gasteiger partial charge in [-0.15, -0.1) is 11.3 Å². The van der Waals surface area contributed by atoms with E-state index in [4.69, 9.17) is 0 Å². The van der Waals surface area contributed by atoms with Gasteiger partial charge < -0.3 is 10.2 Å². The molecule has 1 atom stereocenters. The quantitative estimate of drug-likeness (QED) is 0.855. The van der Waals surface area contributed by atoms with Gasteiger partial charge in [0.15, 0.2) is 5.13 Å².